The molecule has 0 amide bonds. The summed E-state index contributed by atoms with van der Waals surface area (Å²) in [5, 5.41) is 0.0252. The third-order valence-electron chi connectivity index (χ3n) is 4.90. The van der Waals surface area contributed by atoms with E-state index in [-0.39, 0.29) is 5.04 Å². The van der Waals surface area contributed by atoms with Crippen LogP contribution in [0.2, 0.25) is 18.1 Å². The molecule has 0 unspecified atom stereocenters. The molecule has 3 heterocycles. The summed E-state index contributed by atoms with van der Waals surface area (Å²) in [7, 11) is -2.14. The molecule has 0 aromatic carbocycles. The maximum atomic E-state index is 6.57. The number of fused-ring (bicyclic) bond motifs is 1. The molecule has 3 aromatic rings. The molecule has 0 bridgehead atoms. The number of anilines is 1. The Balaban J connectivity index is 2.28. The minimum atomic E-state index is -2.14. The molecule has 2 N–H and O–H groups in total. The fraction of sp³-hybridized carbons (Fsp3) is 0.316. The predicted octanol–water partition coefficient (Wildman–Crippen LogP) is 4.15. The van der Waals surface area contributed by atoms with Crippen molar-refractivity contribution in [1.82, 2.24) is 19.7 Å². The average molecular weight is 368 g/mol. The van der Waals surface area contributed by atoms with Crippen LogP contribution in [0.4, 0.5) is 5.82 Å². The smallest absolute Gasteiger partial charge is 0.284 e. The number of pyridine rings is 2. The zero-order chi connectivity index (χ0) is 19.1. The van der Waals surface area contributed by atoms with Crippen LogP contribution in [0.5, 0.6) is 0 Å². The van der Waals surface area contributed by atoms with Gasteiger partial charge in [-0.05, 0) is 48.5 Å². The van der Waals surface area contributed by atoms with Crippen molar-refractivity contribution in [3.05, 3.63) is 42.7 Å². The van der Waals surface area contributed by atoms with Crippen LogP contribution in [-0.2, 0) is 0 Å². The van der Waals surface area contributed by atoms with Crippen molar-refractivity contribution in [2.24, 2.45) is 0 Å². The summed E-state index contributed by atoms with van der Waals surface area (Å²) in [5.74, 6) is 1.02. The molecule has 0 aliphatic rings. The van der Waals surface area contributed by atoms with Crippen LogP contribution in [0, 0.1) is 0 Å². The van der Waals surface area contributed by atoms with Gasteiger partial charge in [0.1, 0.15) is 11.3 Å². The van der Waals surface area contributed by atoms with Gasteiger partial charge in [-0.3, -0.25) is 0 Å². The van der Waals surface area contributed by atoms with E-state index in [4.69, 9.17) is 15.2 Å². The summed E-state index contributed by atoms with van der Waals surface area (Å²) in [6.07, 6.45) is 3.37. The summed E-state index contributed by atoms with van der Waals surface area (Å²) in [6, 6.07) is 7.53. The molecular weight excluding hydrogens is 342 g/mol. The van der Waals surface area contributed by atoms with Gasteiger partial charge in [0.15, 0.2) is 11.5 Å². The number of hydrogen-bond acceptors (Lipinski definition) is 5. The molecule has 0 aliphatic heterocycles. The average Bonchev–Trinajstić information content (AvgIpc) is 2.91. The quantitative estimate of drug-likeness (QED) is 0.701. The molecule has 0 radical (unpaired) electrons. The number of imidazole rings is 1. The lowest BCUT2D eigenvalue weighted by Gasteiger charge is -2.36. The van der Waals surface area contributed by atoms with Gasteiger partial charge in [-0.15, -0.1) is 0 Å². The fourth-order valence-electron chi connectivity index (χ4n) is 2.29. The highest BCUT2D eigenvalue weighted by molar-refractivity contribution is 6.74. The van der Waals surface area contributed by atoms with E-state index in [1.807, 2.05) is 24.3 Å². The summed E-state index contributed by atoms with van der Waals surface area (Å²) < 4.78 is 8.30. The van der Waals surface area contributed by atoms with E-state index in [1.54, 1.807) is 17.0 Å². The van der Waals surface area contributed by atoms with Gasteiger partial charge in [0.2, 0.25) is 0 Å². The van der Waals surface area contributed by atoms with Crippen LogP contribution >= 0.6 is 0 Å². The van der Waals surface area contributed by atoms with Crippen LogP contribution in [0.1, 0.15) is 26.5 Å². The number of nitrogens with zero attached hydrogens (tertiary/aromatic N) is 4. The lowest BCUT2D eigenvalue weighted by Crippen LogP contribution is -2.48. The van der Waals surface area contributed by atoms with Gasteiger partial charge in [-0.2, -0.15) is 4.73 Å². The molecule has 3 aromatic heterocycles. The van der Waals surface area contributed by atoms with Crippen molar-refractivity contribution in [3.63, 3.8) is 0 Å². The summed E-state index contributed by atoms with van der Waals surface area (Å²) in [6.45, 7) is 14.8. The Morgan fingerprint density at radius 1 is 1.19 bits per heavy atom. The molecule has 0 aliphatic carbocycles. The van der Waals surface area contributed by atoms with E-state index in [2.05, 4.69) is 50.4 Å². The van der Waals surface area contributed by atoms with Crippen molar-refractivity contribution >= 4 is 31.4 Å². The Hall–Kier alpha value is -2.67. The number of nitrogen functional groups attached to an aromatic ring is 1. The van der Waals surface area contributed by atoms with Crippen LogP contribution < -0.4 is 10.3 Å². The van der Waals surface area contributed by atoms with Gasteiger partial charge in [0.05, 0.1) is 11.3 Å². The van der Waals surface area contributed by atoms with Crippen molar-refractivity contribution in [2.45, 2.75) is 38.9 Å². The van der Waals surface area contributed by atoms with Gasteiger partial charge in [0, 0.05) is 6.20 Å². The first-order valence-electron chi connectivity index (χ1n) is 8.56. The Bertz CT molecular complexity index is 972. The second-order valence-electron chi connectivity index (χ2n) is 7.80. The number of rotatable bonds is 4. The minimum Gasteiger partial charge on any atom is -0.466 e. The molecular formula is C19H25N5OSi. The second kappa shape index (κ2) is 6.24. The molecule has 0 spiro atoms. The fourth-order valence-corrected chi connectivity index (χ4v) is 3.20. The third kappa shape index (κ3) is 3.10. The molecule has 6 nitrogen and oxygen atoms in total. The minimum absolute atomic E-state index is 0.0252. The van der Waals surface area contributed by atoms with E-state index >= 15 is 0 Å². The lowest BCUT2D eigenvalue weighted by atomic mass is 10.2. The Morgan fingerprint density at radius 2 is 1.92 bits per heavy atom. The normalized spacial score (nSPS) is 12.3. The Kier molecular flexibility index (Phi) is 4.35. The first-order valence-corrected chi connectivity index (χ1v) is 11.5. The maximum absolute atomic E-state index is 6.57. The molecule has 3 rings (SSSR count). The maximum Gasteiger partial charge on any atom is 0.284 e. The van der Waals surface area contributed by atoms with Gasteiger partial charge < -0.3 is 10.3 Å². The predicted molar refractivity (Wildman–Crippen MR) is 109 cm³/mol. The molecule has 26 heavy (non-hydrogen) atoms. The van der Waals surface area contributed by atoms with Gasteiger partial charge in [-0.25, -0.2) is 15.0 Å². The molecule has 0 saturated heterocycles. The highest BCUT2D eigenvalue weighted by Gasteiger charge is 2.41. The van der Waals surface area contributed by atoms with Crippen LogP contribution in [0.15, 0.2) is 37.0 Å². The number of nitrogens with two attached hydrogens (primary N) is 1. The van der Waals surface area contributed by atoms with Crippen LogP contribution in [-0.4, -0.2) is 28.0 Å². The Labute approximate surface area is 154 Å². The second-order valence-corrected chi connectivity index (χ2v) is 12.5. The van der Waals surface area contributed by atoms with E-state index < -0.39 is 8.32 Å². The van der Waals surface area contributed by atoms with E-state index in [0.717, 1.165) is 16.8 Å². The van der Waals surface area contributed by atoms with E-state index in [1.165, 1.54) is 0 Å². The van der Waals surface area contributed by atoms with Gasteiger partial charge in [-0.1, -0.05) is 27.4 Å². The topological polar surface area (TPSA) is 78.8 Å². The summed E-state index contributed by atoms with van der Waals surface area (Å²) >= 11 is 0. The highest BCUT2D eigenvalue weighted by atomic mass is 28.4. The zero-order valence-corrected chi connectivity index (χ0v) is 16.9. The molecule has 0 fully saturated rings. The Morgan fingerprint density at radius 3 is 2.54 bits per heavy atom. The van der Waals surface area contributed by atoms with Crippen molar-refractivity contribution < 1.29 is 4.53 Å². The van der Waals surface area contributed by atoms with Crippen molar-refractivity contribution in [2.75, 3.05) is 5.73 Å². The summed E-state index contributed by atoms with van der Waals surface area (Å²) in [5.41, 5.74) is 9.00. The molecule has 0 saturated carbocycles. The van der Waals surface area contributed by atoms with Crippen molar-refractivity contribution in [3.8, 4) is 11.4 Å². The van der Waals surface area contributed by atoms with E-state index in [9.17, 15) is 0 Å². The first-order chi connectivity index (χ1) is 12.1. The van der Waals surface area contributed by atoms with Gasteiger partial charge >= 0.3 is 0 Å². The first kappa shape index (κ1) is 18.1. The SMILES string of the molecule is C=Cc1ccc2nc(-c3cccnc3N)n(O[Si](C)(C)C(C)(C)C)c2n1. The zero-order valence-electron chi connectivity index (χ0n) is 15.9. The number of aromatic nitrogens is 4. The highest BCUT2D eigenvalue weighted by Crippen LogP contribution is 2.36. The molecule has 136 valence electrons. The number of hydrogen-bond donors (Lipinski definition) is 1. The molecule has 0 atom stereocenters. The lowest BCUT2D eigenvalue weighted by molar-refractivity contribution is 0.264. The monoisotopic (exact) mass is 367 g/mol. The largest absolute Gasteiger partial charge is 0.466 e. The summed E-state index contributed by atoms with van der Waals surface area (Å²) in [4.78, 5) is 13.6. The van der Waals surface area contributed by atoms with Crippen LogP contribution in [0.3, 0.4) is 0 Å². The molecule has 7 heteroatoms. The van der Waals surface area contributed by atoms with Crippen LogP contribution in [0.25, 0.3) is 28.6 Å². The van der Waals surface area contributed by atoms with E-state index in [0.29, 0.717) is 17.3 Å². The third-order valence-corrected chi connectivity index (χ3v) is 9.15. The van der Waals surface area contributed by atoms with Gasteiger partial charge in [0.25, 0.3) is 8.32 Å². The standard InChI is InChI=1S/C19H25N5OSi/c1-7-13-10-11-15-18(22-13)24(25-26(5,6)19(2,3)4)17(23-15)14-9-8-12-21-16(14)20/h7-12H,1H2,2-6H3,(H2,20,21). The van der Waals surface area contributed by atoms with Crippen molar-refractivity contribution in [1.29, 1.82) is 0 Å².